The first-order chi connectivity index (χ1) is 27.6. The molecule has 1 saturated carbocycles. The highest BCUT2D eigenvalue weighted by Gasteiger charge is 2.52. The summed E-state index contributed by atoms with van der Waals surface area (Å²) in [6.07, 6.45) is 52.3. The average molecular weight is 774 g/mol. The van der Waals surface area contributed by atoms with Gasteiger partial charge in [0.1, 0.15) is 6.61 Å². The summed E-state index contributed by atoms with van der Waals surface area (Å²) < 4.78 is 19.4. The molecule has 0 radical (unpaired) electrons. The van der Waals surface area contributed by atoms with Gasteiger partial charge in [-0.2, -0.15) is 0 Å². The number of ether oxygens (including phenoxy) is 3. The molecule has 56 heavy (non-hydrogen) atoms. The molecule has 2 aliphatic rings. The van der Waals surface area contributed by atoms with Crippen molar-refractivity contribution < 1.29 is 19.0 Å². The summed E-state index contributed by atoms with van der Waals surface area (Å²) in [6, 6.07) is 9.96. The minimum absolute atomic E-state index is 0.0542. The molecular weight excluding hydrogens is 691 g/mol. The smallest absolute Gasteiger partial charge is 0.410 e. The Morgan fingerprint density at radius 1 is 0.607 bits per heavy atom. The van der Waals surface area contributed by atoms with Gasteiger partial charge in [-0.1, -0.05) is 170 Å². The van der Waals surface area contributed by atoms with E-state index in [2.05, 4.69) is 62.5 Å². The fraction of sp³-hybridized carbons (Fsp3) is 0.706. The third kappa shape index (κ3) is 21.2. The maximum absolute atomic E-state index is 12.9. The van der Waals surface area contributed by atoms with E-state index in [9.17, 15) is 4.79 Å². The maximum Gasteiger partial charge on any atom is 0.410 e. The molecule has 0 spiro atoms. The molecule has 3 atom stereocenters. The van der Waals surface area contributed by atoms with Crippen molar-refractivity contribution in [1.82, 2.24) is 4.90 Å². The Bertz CT molecular complexity index is 1160. The Labute approximate surface area is 344 Å². The topological polar surface area (TPSA) is 48.0 Å². The number of hydrogen-bond donors (Lipinski definition) is 0. The van der Waals surface area contributed by atoms with Gasteiger partial charge in [0.2, 0.25) is 0 Å². The van der Waals surface area contributed by atoms with Gasteiger partial charge in [-0.25, -0.2) is 4.79 Å². The second-order valence-electron chi connectivity index (χ2n) is 16.7. The highest BCUT2D eigenvalue weighted by Crippen LogP contribution is 2.45. The second kappa shape index (κ2) is 31.4. The summed E-state index contributed by atoms with van der Waals surface area (Å²) in [5.74, 6) is -0.461. The lowest BCUT2D eigenvalue weighted by Gasteiger charge is -2.31. The van der Waals surface area contributed by atoms with E-state index in [0.29, 0.717) is 6.61 Å². The van der Waals surface area contributed by atoms with Gasteiger partial charge in [0.05, 0.1) is 12.2 Å². The SMILES string of the molecule is CCCCCC=CCC=CCCCCCCCCC1(CCCCCCCCC=CCC=CCCCCC)O[C@H]2CC(N(C)C(=O)OCc3ccccc3)C[C@H]2O1. The van der Waals surface area contributed by atoms with Crippen molar-refractivity contribution >= 4 is 6.09 Å². The lowest BCUT2D eigenvalue weighted by molar-refractivity contribution is -0.192. The molecule has 0 bridgehead atoms. The van der Waals surface area contributed by atoms with E-state index < -0.39 is 5.79 Å². The first-order valence-corrected chi connectivity index (χ1v) is 23.5. The number of unbranched alkanes of at least 4 members (excludes halogenated alkanes) is 18. The number of hydrogen-bond acceptors (Lipinski definition) is 4. The molecule has 1 unspecified atom stereocenters. The van der Waals surface area contributed by atoms with Crippen LogP contribution in [0.3, 0.4) is 0 Å². The van der Waals surface area contributed by atoms with Crippen LogP contribution >= 0.6 is 0 Å². The van der Waals surface area contributed by atoms with Crippen molar-refractivity contribution in [1.29, 1.82) is 0 Å². The summed E-state index contributed by atoms with van der Waals surface area (Å²) in [5.41, 5.74) is 1.00. The average Bonchev–Trinajstić information content (AvgIpc) is 3.76. The lowest BCUT2D eigenvalue weighted by atomic mass is 9.98. The van der Waals surface area contributed by atoms with Crippen LogP contribution in [0, 0.1) is 0 Å². The highest BCUT2D eigenvalue weighted by atomic mass is 16.8. The van der Waals surface area contributed by atoms with Crippen molar-refractivity contribution in [2.24, 2.45) is 0 Å². The zero-order chi connectivity index (χ0) is 39.8. The van der Waals surface area contributed by atoms with Gasteiger partial charge < -0.3 is 19.1 Å². The van der Waals surface area contributed by atoms with Crippen molar-refractivity contribution in [3.8, 4) is 0 Å². The Morgan fingerprint density at radius 3 is 1.46 bits per heavy atom. The fourth-order valence-corrected chi connectivity index (χ4v) is 8.18. The number of fused-ring (bicyclic) bond motifs is 1. The number of allylic oxidation sites excluding steroid dienone is 8. The van der Waals surface area contributed by atoms with Crippen LogP contribution in [0.15, 0.2) is 78.9 Å². The molecular formula is C51H83NO4. The van der Waals surface area contributed by atoms with Gasteiger partial charge in [-0.05, 0) is 95.5 Å². The number of carbonyl (C=O) groups is 1. The van der Waals surface area contributed by atoms with Crippen LogP contribution in [-0.4, -0.2) is 42.1 Å². The molecule has 1 amide bonds. The van der Waals surface area contributed by atoms with Crippen LogP contribution in [0.25, 0.3) is 0 Å². The van der Waals surface area contributed by atoms with Gasteiger partial charge in [0, 0.05) is 25.9 Å². The Morgan fingerprint density at radius 2 is 1.02 bits per heavy atom. The molecule has 2 fully saturated rings. The number of benzene rings is 1. The highest BCUT2D eigenvalue weighted by molar-refractivity contribution is 5.67. The number of amides is 1. The number of nitrogens with zero attached hydrogens (tertiary/aromatic N) is 1. The van der Waals surface area contributed by atoms with Crippen LogP contribution in [0.4, 0.5) is 4.79 Å². The normalized spacial score (nSPS) is 21.0. The molecule has 1 aliphatic heterocycles. The molecule has 316 valence electrons. The zero-order valence-corrected chi connectivity index (χ0v) is 36.3. The maximum atomic E-state index is 12.9. The minimum Gasteiger partial charge on any atom is -0.445 e. The summed E-state index contributed by atoms with van der Waals surface area (Å²) in [5, 5.41) is 0. The van der Waals surface area contributed by atoms with Gasteiger partial charge >= 0.3 is 6.09 Å². The molecule has 1 saturated heterocycles. The van der Waals surface area contributed by atoms with E-state index in [4.69, 9.17) is 14.2 Å². The van der Waals surface area contributed by atoms with E-state index in [0.717, 1.165) is 56.9 Å². The quantitative estimate of drug-likeness (QED) is 0.0527. The van der Waals surface area contributed by atoms with Gasteiger partial charge in [-0.15, -0.1) is 0 Å². The van der Waals surface area contributed by atoms with E-state index in [-0.39, 0.29) is 24.3 Å². The van der Waals surface area contributed by atoms with E-state index >= 15 is 0 Å². The first kappa shape index (κ1) is 47.7. The lowest BCUT2D eigenvalue weighted by Crippen LogP contribution is -2.38. The number of rotatable bonds is 33. The van der Waals surface area contributed by atoms with Crippen molar-refractivity contribution in [2.45, 2.75) is 224 Å². The summed E-state index contributed by atoms with van der Waals surface area (Å²) in [6.45, 7) is 4.82. The predicted molar refractivity (Wildman–Crippen MR) is 238 cm³/mol. The van der Waals surface area contributed by atoms with Crippen LogP contribution in [0.1, 0.15) is 199 Å². The monoisotopic (exact) mass is 774 g/mol. The molecule has 1 aliphatic carbocycles. The molecule has 5 heteroatoms. The molecule has 1 heterocycles. The molecule has 3 rings (SSSR count). The first-order valence-electron chi connectivity index (χ1n) is 23.5. The summed E-state index contributed by atoms with van der Waals surface area (Å²) in [7, 11) is 1.86. The minimum atomic E-state index is -0.461. The van der Waals surface area contributed by atoms with E-state index in [1.165, 1.54) is 128 Å². The van der Waals surface area contributed by atoms with Gasteiger partial charge in [0.15, 0.2) is 5.79 Å². The number of carbonyl (C=O) groups excluding carboxylic acids is 1. The molecule has 1 aromatic rings. The van der Waals surface area contributed by atoms with E-state index in [1.54, 1.807) is 4.90 Å². The molecule has 5 nitrogen and oxygen atoms in total. The third-order valence-corrected chi connectivity index (χ3v) is 11.7. The van der Waals surface area contributed by atoms with Crippen LogP contribution in [-0.2, 0) is 20.8 Å². The fourth-order valence-electron chi connectivity index (χ4n) is 8.18. The van der Waals surface area contributed by atoms with Crippen LogP contribution in [0.2, 0.25) is 0 Å². The Hall–Kier alpha value is -2.63. The van der Waals surface area contributed by atoms with Crippen LogP contribution in [0.5, 0.6) is 0 Å². The Balaban J connectivity index is 1.33. The summed E-state index contributed by atoms with van der Waals surface area (Å²) in [4.78, 5) is 14.7. The third-order valence-electron chi connectivity index (χ3n) is 11.7. The van der Waals surface area contributed by atoms with Crippen LogP contribution < -0.4 is 0 Å². The van der Waals surface area contributed by atoms with Gasteiger partial charge in [-0.3, -0.25) is 0 Å². The zero-order valence-electron chi connectivity index (χ0n) is 36.3. The summed E-state index contributed by atoms with van der Waals surface area (Å²) >= 11 is 0. The second-order valence-corrected chi connectivity index (χ2v) is 16.7. The van der Waals surface area contributed by atoms with Crippen molar-refractivity contribution in [3.05, 3.63) is 84.5 Å². The Kier molecular flexibility index (Phi) is 26.7. The van der Waals surface area contributed by atoms with E-state index in [1.807, 2.05) is 37.4 Å². The largest absolute Gasteiger partial charge is 0.445 e. The van der Waals surface area contributed by atoms with Crippen molar-refractivity contribution in [2.75, 3.05) is 7.05 Å². The van der Waals surface area contributed by atoms with Gasteiger partial charge in [0.25, 0.3) is 0 Å². The standard InChI is InChI=1S/C51H83NO4/c1-4-6-8-10-12-14-16-18-20-22-24-26-28-30-32-37-41-51(42-38-33-31-29-27-25-23-21-19-17-15-13-11-9-7-5-2)55-48-43-47(44-49(48)56-51)52(3)50(53)54-45-46-39-35-34-36-40-46/h12-15,18-21,34-36,39-40,47-49H,4-11,16-17,22-33,37-38,41-45H2,1-3H3/t47?,48-,49+,51?. The molecule has 0 aromatic heterocycles. The predicted octanol–water partition coefficient (Wildman–Crippen LogP) is 15.3. The van der Waals surface area contributed by atoms with Crippen molar-refractivity contribution in [3.63, 3.8) is 0 Å². The molecule has 0 N–H and O–H groups in total. The molecule has 1 aromatic carbocycles.